The number of nitrogens with one attached hydrogen (secondary N) is 1. The second kappa shape index (κ2) is 7.13. The lowest BCUT2D eigenvalue weighted by Crippen LogP contribution is -2.38. The third kappa shape index (κ3) is 5.81. The molecule has 4 heteroatoms. The lowest BCUT2D eigenvalue weighted by atomic mass is 9.94. The van der Waals surface area contributed by atoms with Gasteiger partial charge in [0.2, 0.25) is 0 Å². The number of ether oxygens (including phenoxy) is 1. The van der Waals surface area contributed by atoms with Crippen molar-refractivity contribution in [2.24, 2.45) is 5.92 Å². The average molecular weight is 286 g/mol. The zero-order chi connectivity index (χ0) is 14.5. The van der Waals surface area contributed by atoms with Crippen LogP contribution in [0.5, 0.6) is 5.75 Å². The van der Waals surface area contributed by atoms with Gasteiger partial charge in [-0.3, -0.25) is 0 Å². The molecule has 108 valence electrons. The first kappa shape index (κ1) is 16.3. The lowest BCUT2D eigenvalue weighted by Gasteiger charge is -2.26. The van der Waals surface area contributed by atoms with Crippen molar-refractivity contribution in [3.8, 4) is 5.75 Å². The SMILES string of the molecule is COc1ccc(Cl)cc1CNCC(C)(O)CC(C)C. The maximum atomic E-state index is 10.2. The topological polar surface area (TPSA) is 41.5 Å². The average Bonchev–Trinajstić information content (AvgIpc) is 2.27. The second-order valence-corrected chi connectivity index (χ2v) is 6.09. The van der Waals surface area contributed by atoms with Crippen LogP contribution in [0.25, 0.3) is 0 Å². The van der Waals surface area contributed by atoms with Gasteiger partial charge in [-0.1, -0.05) is 25.4 Å². The summed E-state index contributed by atoms with van der Waals surface area (Å²) in [5, 5.41) is 14.2. The molecule has 1 unspecified atom stereocenters. The van der Waals surface area contributed by atoms with Gasteiger partial charge < -0.3 is 15.2 Å². The molecule has 0 spiro atoms. The molecule has 1 atom stereocenters. The second-order valence-electron chi connectivity index (χ2n) is 5.65. The molecule has 0 saturated carbocycles. The zero-order valence-corrected chi connectivity index (χ0v) is 12.9. The number of aliphatic hydroxyl groups is 1. The Kier molecular flexibility index (Phi) is 6.11. The standard InChI is InChI=1S/C15H24ClNO2/c1-11(2)8-15(3,18)10-17-9-12-7-13(16)5-6-14(12)19-4/h5-7,11,17-18H,8-10H2,1-4H3. The molecule has 0 amide bonds. The summed E-state index contributed by atoms with van der Waals surface area (Å²) < 4.78 is 5.29. The first-order chi connectivity index (χ1) is 8.84. The van der Waals surface area contributed by atoms with Crippen molar-refractivity contribution in [3.63, 3.8) is 0 Å². The van der Waals surface area contributed by atoms with Crippen LogP contribution >= 0.6 is 11.6 Å². The Hall–Kier alpha value is -0.770. The highest BCUT2D eigenvalue weighted by Crippen LogP contribution is 2.22. The molecule has 1 rings (SSSR count). The van der Waals surface area contributed by atoms with Gasteiger partial charge in [0.05, 0.1) is 12.7 Å². The van der Waals surface area contributed by atoms with Crippen LogP contribution < -0.4 is 10.1 Å². The van der Waals surface area contributed by atoms with Gasteiger partial charge in [-0.05, 0) is 37.5 Å². The number of methoxy groups -OCH3 is 1. The van der Waals surface area contributed by atoms with E-state index in [0.29, 0.717) is 24.0 Å². The van der Waals surface area contributed by atoms with E-state index in [4.69, 9.17) is 16.3 Å². The van der Waals surface area contributed by atoms with Gasteiger partial charge in [-0.25, -0.2) is 0 Å². The van der Waals surface area contributed by atoms with E-state index in [9.17, 15) is 5.11 Å². The van der Waals surface area contributed by atoms with Gasteiger partial charge >= 0.3 is 0 Å². The van der Waals surface area contributed by atoms with E-state index in [-0.39, 0.29) is 0 Å². The van der Waals surface area contributed by atoms with Crippen molar-refractivity contribution in [2.75, 3.05) is 13.7 Å². The summed E-state index contributed by atoms with van der Waals surface area (Å²) in [4.78, 5) is 0. The number of halogens is 1. The summed E-state index contributed by atoms with van der Waals surface area (Å²) in [7, 11) is 1.64. The molecular weight excluding hydrogens is 262 g/mol. The van der Waals surface area contributed by atoms with Crippen molar-refractivity contribution in [3.05, 3.63) is 28.8 Å². The molecule has 0 radical (unpaired) electrons. The molecule has 0 fully saturated rings. The van der Waals surface area contributed by atoms with E-state index >= 15 is 0 Å². The quantitative estimate of drug-likeness (QED) is 0.808. The van der Waals surface area contributed by atoms with Gasteiger partial charge in [-0.2, -0.15) is 0 Å². The molecule has 0 aromatic heterocycles. The van der Waals surface area contributed by atoms with Gasteiger partial charge in [-0.15, -0.1) is 0 Å². The Labute approximate surface area is 120 Å². The van der Waals surface area contributed by atoms with Crippen molar-refractivity contribution < 1.29 is 9.84 Å². The first-order valence-corrected chi connectivity index (χ1v) is 6.97. The number of hydrogen-bond acceptors (Lipinski definition) is 3. The van der Waals surface area contributed by atoms with Crippen LogP contribution in [-0.2, 0) is 6.54 Å². The van der Waals surface area contributed by atoms with E-state index < -0.39 is 5.60 Å². The minimum Gasteiger partial charge on any atom is -0.496 e. The molecule has 0 aliphatic carbocycles. The lowest BCUT2D eigenvalue weighted by molar-refractivity contribution is 0.0383. The Morgan fingerprint density at radius 1 is 1.42 bits per heavy atom. The summed E-state index contributed by atoms with van der Waals surface area (Å²) in [6, 6.07) is 5.54. The minimum atomic E-state index is -0.694. The van der Waals surface area contributed by atoms with Crippen LogP contribution in [0.1, 0.15) is 32.8 Å². The molecule has 0 saturated heterocycles. The maximum absolute atomic E-state index is 10.2. The Morgan fingerprint density at radius 2 is 2.11 bits per heavy atom. The van der Waals surface area contributed by atoms with Gasteiger partial charge in [0, 0.05) is 23.7 Å². The minimum absolute atomic E-state index is 0.470. The molecule has 1 aromatic carbocycles. The number of rotatable bonds is 7. The van der Waals surface area contributed by atoms with E-state index in [1.54, 1.807) is 13.2 Å². The summed E-state index contributed by atoms with van der Waals surface area (Å²) in [5.41, 5.74) is 0.301. The molecule has 0 heterocycles. The largest absolute Gasteiger partial charge is 0.496 e. The summed E-state index contributed by atoms with van der Waals surface area (Å²) >= 11 is 5.98. The van der Waals surface area contributed by atoms with Crippen LogP contribution in [0.3, 0.4) is 0 Å². The highest BCUT2D eigenvalue weighted by molar-refractivity contribution is 6.30. The van der Waals surface area contributed by atoms with E-state index in [1.165, 1.54) is 0 Å². The van der Waals surface area contributed by atoms with Crippen LogP contribution in [0.4, 0.5) is 0 Å². The third-order valence-electron chi connectivity index (χ3n) is 2.91. The predicted molar refractivity (Wildman–Crippen MR) is 79.8 cm³/mol. The van der Waals surface area contributed by atoms with Crippen molar-refractivity contribution in [1.29, 1.82) is 0 Å². The van der Waals surface area contributed by atoms with Crippen molar-refractivity contribution >= 4 is 11.6 Å². The fourth-order valence-electron chi connectivity index (χ4n) is 2.30. The molecule has 0 aliphatic heterocycles. The van der Waals surface area contributed by atoms with Crippen LogP contribution in [0.15, 0.2) is 18.2 Å². The Balaban J connectivity index is 2.55. The van der Waals surface area contributed by atoms with E-state index in [1.807, 2.05) is 19.1 Å². The van der Waals surface area contributed by atoms with Crippen molar-refractivity contribution in [1.82, 2.24) is 5.32 Å². The van der Waals surface area contributed by atoms with E-state index in [0.717, 1.165) is 17.7 Å². The summed E-state index contributed by atoms with van der Waals surface area (Å²) in [6.07, 6.45) is 0.771. The molecule has 0 bridgehead atoms. The van der Waals surface area contributed by atoms with E-state index in [2.05, 4.69) is 19.2 Å². The zero-order valence-electron chi connectivity index (χ0n) is 12.2. The van der Waals surface area contributed by atoms with Gasteiger partial charge in [0.15, 0.2) is 0 Å². The van der Waals surface area contributed by atoms with Gasteiger partial charge in [0.25, 0.3) is 0 Å². The number of hydrogen-bond donors (Lipinski definition) is 2. The molecule has 2 N–H and O–H groups in total. The highest BCUT2D eigenvalue weighted by atomic mass is 35.5. The smallest absolute Gasteiger partial charge is 0.123 e. The molecular formula is C15H24ClNO2. The predicted octanol–water partition coefficient (Wildman–Crippen LogP) is 3.24. The highest BCUT2D eigenvalue weighted by Gasteiger charge is 2.21. The molecule has 1 aromatic rings. The van der Waals surface area contributed by atoms with Gasteiger partial charge in [0.1, 0.15) is 5.75 Å². The number of benzene rings is 1. The normalized spacial score (nSPS) is 14.5. The van der Waals surface area contributed by atoms with Crippen molar-refractivity contribution in [2.45, 2.75) is 39.3 Å². The molecule has 0 aliphatic rings. The monoisotopic (exact) mass is 285 g/mol. The molecule has 19 heavy (non-hydrogen) atoms. The maximum Gasteiger partial charge on any atom is 0.123 e. The first-order valence-electron chi connectivity index (χ1n) is 6.59. The third-order valence-corrected chi connectivity index (χ3v) is 3.15. The van der Waals surface area contributed by atoms with Crippen LogP contribution in [-0.4, -0.2) is 24.4 Å². The fourth-order valence-corrected chi connectivity index (χ4v) is 2.50. The van der Waals surface area contributed by atoms with Crippen LogP contribution in [0, 0.1) is 5.92 Å². The van der Waals surface area contributed by atoms with Crippen LogP contribution in [0.2, 0.25) is 5.02 Å². The summed E-state index contributed by atoms with van der Waals surface area (Å²) in [5.74, 6) is 1.28. The fraction of sp³-hybridized carbons (Fsp3) is 0.600. The Morgan fingerprint density at radius 3 is 2.68 bits per heavy atom. The Bertz CT molecular complexity index is 405. The molecule has 3 nitrogen and oxygen atoms in total. The summed E-state index contributed by atoms with van der Waals surface area (Å²) in [6.45, 7) is 7.23.